The monoisotopic (exact) mass is 275 g/mol. The molecule has 1 aliphatic heterocycles. The van der Waals surface area contributed by atoms with Gasteiger partial charge in [-0.15, -0.1) is 0 Å². The fourth-order valence-corrected chi connectivity index (χ4v) is 2.38. The lowest BCUT2D eigenvalue weighted by Gasteiger charge is -2.13. The molecule has 0 aliphatic carbocycles. The van der Waals surface area contributed by atoms with Gasteiger partial charge in [-0.3, -0.25) is 9.20 Å². The lowest BCUT2D eigenvalue weighted by molar-refractivity contribution is -0.124. The summed E-state index contributed by atoms with van der Waals surface area (Å²) in [4.78, 5) is 31.5. The molecule has 0 amide bonds. The number of pyridine rings is 1. The van der Waals surface area contributed by atoms with Gasteiger partial charge in [0.1, 0.15) is 17.6 Å². The third kappa shape index (κ3) is 2.00. The van der Waals surface area contributed by atoms with Crippen molar-refractivity contribution in [3.8, 4) is 0 Å². The molecular weight excluding hydrogens is 262 g/mol. The molecule has 0 radical (unpaired) electrons. The molecule has 7 heteroatoms. The number of hydrogen-bond acceptors (Lipinski definition) is 6. The second kappa shape index (κ2) is 4.77. The van der Waals surface area contributed by atoms with E-state index >= 15 is 0 Å². The Morgan fingerprint density at radius 2 is 2.25 bits per heavy atom. The Labute approximate surface area is 113 Å². The van der Waals surface area contributed by atoms with Crippen molar-refractivity contribution in [3.05, 3.63) is 40.2 Å². The first-order valence-electron chi connectivity index (χ1n) is 6.25. The van der Waals surface area contributed by atoms with Gasteiger partial charge in [0.05, 0.1) is 12.7 Å². The molecule has 0 unspecified atom stereocenters. The molecule has 1 N–H and O–H groups in total. The number of Topliss-reactive ketones (excluding diaryl/α,β-unsaturated/α-hetero) is 1. The second-order valence-electron chi connectivity index (χ2n) is 4.68. The number of aryl methyl sites for hydroxylation is 1. The van der Waals surface area contributed by atoms with Crippen molar-refractivity contribution in [2.45, 2.75) is 25.6 Å². The van der Waals surface area contributed by atoms with Crippen LogP contribution < -0.4 is 5.69 Å². The summed E-state index contributed by atoms with van der Waals surface area (Å²) in [5.74, 6) is 0.220. The highest BCUT2D eigenvalue weighted by Crippen LogP contribution is 2.31. The van der Waals surface area contributed by atoms with Crippen LogP contribution in [-0.2, 0) is 9.53 Å². The number of fused-ring (bicyclic) bond motifs is 1. The second-order valence-corrected chi connectivity index (χ2v) is 4.68. The first-order valence-corrected chi connectivity index (χ1v) is 6.25. The van der Waals surface area contributed by atoms with E-state index in [0.29, 0.717) is 17.0 Å². The average molecular weight is 275 g/mol. The van der Waals surface area contributed by atoms with Crippen molar-refractivity contribution >= 4 is 11.4 Å². The predicted octanol–water partition coefficient (Wildman–Crippen LogP) is -0.211. The van der Waals surface area contributed by atoms with E-state index in [2.05, 4.69) is 9.97 Å². The van der Waals surface area contributed by atoms with E-state index in [9.17, 15) is 9.59 Å². The first-order chi connectivity index (χ1) is 9.60. The normalized spacial score (nSPS) is 22.6. The highest BCUT2D eigenvalue weighted by molar-refractivity contribution is 5.85. The van der Waals surface area contributed by atoms with Crippen LogP contribution in [0.3, 0.4) is 0 Å². The van der Waals surface area contributed by atoms with Crippen LogP contribution in [-0.4, -0.2) is 38.0 Å². The number of nitrogens with zero attached hydrogens (tertiary/aromatic N) is 3. The number of ether oxygens (including phenoxy) is 1. The molecule has 2 aromatic rings. The summed E-state index contributed by atoms with van der Waals surface area (Å²) >= 11 is 0. The fourth-order valence-electron chi connectivity index (χ4n) is 2.38. The zero-order valence-corrected chi connectivity index (χ0v) is 10.8. The molecule has 2 atom stereocenters. The largest absolute Gasteiger partial charge is 0.393 e. The Hall–Kier alpha value is -2.12. The van der Waals surface area contributed by atoms with Crippen LogP contribution in [0.2, 0.25) is 0 Å². The zero-order chi connectivity index (χ0) is 14.3. The predicted molar refractivity (Wildman–Crippen MR) is 68.3 cm³/mol. The fraction of sp³-hybridized carbons (Fsp3) is 0.385. The van der Waals surface area contributed by atoms with Crippen LogP contribution in [0.5, 0.6) is 0 Å². The smallest absolute Gasteiger partial charge is 0.355 e. The van der Waals surface area contributed by atoms with Gasteiger partial charge in [-0.25, -0.2) is 9.78 Å². The third-order valence-corrected chi connectivity index (χ3v) is 3.32. The average Bonchev–Trinajstić information content (AvgIpc) is 2.79. The lowest BCUT2D eigenvalue weighted by Crippen LogP contribution is -2.21. The number of hydrogen-bond donors (Lipinski definition) is 1. The summed E-state index contributed by atoms with van der Waals surface area (Å²) in [5.41, 5.74) is 0.665. The lowest BCUT2D eigenvalue weighted by atomic mass is 10.1. The number of ketones is 1. The summed E-state index contributed by atoms with van der Waals surface area (Å²) in [6.07, 6.45) is 0.447. The van der Waals surface area contributed by atoms with Crippen LogP contribution in [0.1, 0.15) is 23.9 Å². The van der Waals surface area contributed by atoms with Gasteiger partial charge >= 0.3 is 5.69 Å². The molecule has 1 aliphatic rings. The van der Waals surface area contributed by atoms with Gasteiger partial charge in [0.25, 0.3) is 0 Å². The maximum Gasteiger partial charge on any atom is 0.355 e. The van der Waals surface area contributed by atoms with E-state index in [1.54, 1.807) is 25.3 Å². The number of aromatic nitrogens is 3. The van der Waals surface area contributed by atoms with E-state index in [-0.39, 0.29) is 18.8 Å². The van der Waals surface area contributed by atoms with Crippen LogP contribution in [0.4, 0.5) is 0 Å². The van der Waals surface area contributed by atoms with Gasteiger partial charge in [0, 0.05) is 18.2 Å². The van der Waals surface area contributed by atoms with Crippen LogP contribution >= 0.6 is 0 Å². The Bertz CT molecular complexity index is 740. The molecule has 2 aromatic heterocycles. The molecule has 3 heterocycles. The van der Waals surface area contributed by atoms with Crippen molar-refractivity contribution in [3.63, 3.8) is 0 Å². The Balaban J connectivity index is 2.13. The molecule has 0 bridgehead atoms. The number of carbonyl (C=O) groups excluding carboxylic acids is 1. The maximum atomic E-state index is 11.8. The molecule has 0 saturated carbocycles. The number of rotatable bonds is 2. The summed E-state index contributed by atoms with van der Waals surface area (Å²) in [6.45, 7) is 1.30. The molecule has 3 rings (SSSR count). The van der Waals surface area contributed by atoms with Crippen LogP contribution in [0.25, 0.3) is 5.65 Å². The molecule has 7 nitrogen and oxygen atoms in total. The number of aliphatic hydroxyl groups excluding tert-OH is 1. The minimum atomic E-state index is -0.796. The van der Waals surface area contributed by atoms with E-state index in [4.69, 9.17) is 9.84 Å². The SMILES string of the molecule is Cc1nc(=O)n2cccc([C@H]3CC(=O)[C@@H](CO)O3)c2n1. The molecular formula is C13H13N3O4. The minimum absolute atomic E-state index is 0.146. The van der Waals surface area contributed by atoms with Crippen molar-refractivity contribution < 1.29 is 14.6 Å². The summed E-state index contributed by atoms with van der Waals surface area (Å²) in [6, 6.07) is 3.45. The maximum absolute atomic E-state index is 11.8. The minimum Gasteiger partial charge on any atom is -0.393 e. The number of carbonyl (C=O) groups is 1. The van der Waals surface area contributed by atoms with Gasteiger partial charge in [0.2, 0.25) is 0 Å². The van der Waals surface area contributed by atoms with E-state index in [1.165, 1.54) is 4.40 Å². The number of aliphatic hydroxyl groups is 1. The summed E-state index contributed by atoms with van der Waals surface area (Å²) in [5, 5.41) is 9.08. The Kier molecular flexibility index (Phi) is 3.07. The summed E-state index contributed by atoms with van der Waals surface area (Å²) < 4.78 is 6.84. The first kappa shape index (κ1) is 12.9. The van der Waals surface area contributed by atoms with Gasteiger partial charge in [-0.05, 0) is 13.0 Å². The zero-order valence-electron chi connectivity index (χ0n) is 10.8. The highest BCUT2D eigenvalue weighted by atomic mass is 16.5. The molecule has 1 fully saturated rings. The van der Waals surface area contributed by atoms with Crippen molar-refractivity contribution in [2.24, 2.45) is 0 Å². The molecule has 104 valence electrons. The molecule has 1 saturated heterocycles. The Morgan fingerprint density at radius 1 is 1.45 bits per heavy atom. The van der Waals surface area contributed by atoms with Crippen molar-refractivity contribution in [1.82, 2.24) is 14.4 Å². The van der Waals surface area contributed by atoms with Gasteiger partial charge < -0.3 is 9.84 Å². The van der Waals surface area contributed by atoms with Crippen LogP contribution in [0.15, 0.2) is 23.1 Å². The summed E-state index contributed by atoms with van der Waals surface area (Å²) in [7, 11) is 0. The molecule has 20 heavy (non-hydrogen) atoms. The van der Waals surface area contributed by atoms with E-state index in [1.807, 2.05) is 0 Å². The van der Waals surface area contributed by atoms with Crippen molar-refractivity contribution in [1.29, 1.82) is 0 Å². The topological polar surface area (TPSA) is 93.8 Å². The van der Waals surface area contributed by atoms with Gasteiger partial charge in [-0.2, -0.15) is 4.98 Å². The highest BCUT2D eigenvalue weighted by Gasteiger charge is 2.35. The van der Waals surface area contributed by atoms with Crippen molar-refractivity contribution in [2.75, 3.05) is 6.61 Å². The van der Waals surface area contributed by atoms with Crippen LogP contribution in [0, 0.1) is 6.92 Å². The molecule has 0 aromatic carbocycles. The van der Waals surface area contributed by atoms with Gasteiger partial charge in [-0.1, -0.05) is 6.07 Å². The molecule has 0 spiro atoms. The quantitative estimate of drug-likeness (QED) is 0.815. The van der Waals surface area contributed by atoms with E-state index < -0.39 is 17.9 Å². The Morgan fingerprint density at radius 3 is 2.95 bits per heavy atom. The third-order valence-electron chi connectivity index (χ3n) is 3.32. The van der Waals surface area contributed by atoms with E-state index in [0.717, 1.165) is 0 Å². The standard InChI is InChI=1S/C13H13N3O4/c1-7-14-12-8(3-2-4-16(12)13(19)15-7)10-5-9(18)11(6-17)20-10/h2-4,10-11,17H,5-6H2,1H3/t10-,11-/m1/s1. The van der Waals surface area contributed by atoms with Gasteiger partial charge in [0.15, 0.2) is 5.78 Å².